The van der Waals surface area contributed by atoms with Crippen LogP contribution in [-0.4, -0.2) is 43.3 Å². The Morgan fingerprint density at radius 3 is 2.43 bits per heavy atom. The van der Waals surface area contributed by atoms with Crippen LogP contribution in [-0.2, 0) is 20.7 Å². The molecule has 1 rings (SSSR count). The van der Waals surface area contributed by atoms with Crippen LogP contribution in [0.4, 0.5) is 0 Å². The van der Waals surface area contributed by atoms with Crippen LogP contribution < -0.4 is 10.1 Å². The molecule has 128 valence electrons. The van der Waals surface area contributed by atoms with Gasteiger partial charge < -0.3 is 19.9 Å². The average Bonchev–Trinajstić information content (AvgIpc) is 2.53. The van der Waals surface area contributed by atoms with E-state index in [1.54, 1.807) is 6.07 Å². The second-order valence-electron chi connectivity index (χ2n) is 5.75. The van der Waals surface area contributed by atoms with Crippen LogP contribution in [0.15, 0.2) is 24.3 Å². The molecule has 0 aliphatic carbocycles. The molecule has 1 amide bonds. The van der Waals surface area contributed by atoms with Gasteiger partial charge in [-0.1, -0.05) is 32.0 Å². The van der Waals surface area contributed by atoms with Gasteiger partial charge in [0.05, 0.1) is 14.2 Å². The summed E-state index contributed by atoms with van der Waals surface area (Å²) in [5.41, 5.74) is 0.768. The lowest BCUT2D eigenvalue weighted by Crippen LogP contribution is -2.47. The number of nitrogens with one attached hydrogen (secondary N) is 1. The molecule has 0 aliphatic rings. The van der Waals surface area contributed by atoms with Gasteiger partial charge in [-0.25, -0.2) is 4.79 Å². The summed E-state index contributed by atoms with van der Waals surface area (Å²) < 4.78 is 9.99. The zero-order valence-electron chi connectivity index (χ0n) is 14.0. The molecule has 0 fully saturated rings. The highest BCUT2D eigenvalue weighted by Crippen LogP contribution is 2.19. The summed E-state index contributed by atoms with van der Waals surface area (Å²) >= 11 is 0. The lowest BCUT2D eigenvalue weighted by Gasteiger charge is -2.20. The van der Waals surface area contributed by atoms with Crippen LogP contribution in [0.3, 0.4) is 0 Å². The molecule has 0 aromatic heterocycles. The fourth-order valence-electron chi connectivity index (χ4n) is 2.25. The highest BCUT2D eigenvalue weighted by Gasteiger charge is 2.26. The van der Waals surface area contributed by atoms with E-state index >= 15 is 0 Å². The monoisotopic (exact) mass is 323 g/mol. The van der Waals surface area contributed by atoms with Crippen molar-refractivity contribution in [1.82, 2.24) is 5.32 Å². The van der Waals surface area contributed by atoms with Gasteiger partial charge in [0, 0.05) is 6.42 Å². The zero-order valence-corrected chi connectivity index (χ0v) is 14.0. The van der Waals surface area contributed by atoms with Gasteiger partial charge in [0.25, 0.3) is 0 Å². The van der Waals surface area contributed by atoms with Crippen LogP contribution in [0.1, 0.15) is 25.8 Å². The van der Waals surface area contributed by atoms with E-state index in [4.69, 9.17) is 9.47 Å². The van der Waals surface area contributed by atoms with E-state index < -0.39 is 24.0 Å². The topological polar surface area (TPSA) is 84.9 Å². The number of amides is 1. The SMILES string of the molecule is COC(=O)[C@H](Cc1ccccc1OC)NC(=O)[C@H](O)CC(C)C. The molecule has 2 N–H and O–H groups in total. The predicted octanol–water partition coefficient (Wildman–Crippen LogP) is 1.30. The summed E-state index contributed by atoms with van der Waals surface area (Å²) in [7, 11) is 2.80. The molecule has 0 bridgehead atoms. The number of carbonyl (C=O) groups is 2. The van der Waals surface area contributed by atoms with Crippen molar-refractivity contribution in [2.24, 2.45) is 5.92 Å². The number of benzene rings is 1. The molecule has 2 atom stereocenters. The van der Waals surface area contributed by atoms with Crippen LogP contribution in [0.2, 0.25) is 0 Å². The molecule has 1 aromatic carbocycles. The first-order chi connectivity index (χ1) is 10.9. The van der Waals surface area contributed by atoms with E-state index in [9.17, 15) is 14.7 Å². The van der Waals surface area contributed by atoms with E-state index in [1.807, 2.05) is 32.0 Å². The number of ether oxygens (including phenoxy) is 2. The van der Waals surface area contributed by atoms with Crippen molar-refractivity contribution in [2.75, 3.05) is 14.2 Å². The van der Waals surface area contributed by atoms with Gasteiger partial charge in [0.15, 0.2) is 0 Å². The average molecular weight is 323 g/mol. The number of rotatable bonds is 8. The van der Waals surface area contributed by atoms with Crippen molar-refractivity contribution in [1.29, 1.82) is 0 Å². The number of hydrogen-bond donors (Lipinski definition) is 2. The lowest BCUT2D eigenvalue weighted by molar-refractivity contribution is -0.146. The Morgan fingerprint density at radius 1 is 1.22 bits per heavy atom. The van der Waals surface area contributed by atoms with E-state index in [-0.39, 0.29) is 12.3 Å². The molecule has 0 radical (unpaired) electrons. The molecule has 0 saturated heterocycles. The molecule has 0 heterocycles. The summed E-state index contributed by atoms with van der Waals surface area (Å²) in [6.45, 7) is 3.81. The summed E-state index contributed by atoms with van der Waals surface area (Å²) in [5, 5.41) is 12.4. The number of hydrogen-bond acceptors (Lipinski definition) is 5. The minimum absolute atomic E-state index is 0.168. The highest BCUT2D eigenvalue weighted by molar-refractivity contribution is 5.87. The van der Waals surface area contributed by atoms with Gasteiger partial charge >= 0.3 is 5.97 Å². The van der Waals surface area contributed by atoms with E-state index in [2.05, 4.69) is 5.32 Å². The quantitative estimate of drug-likeness (QED) is 0.705. The fourth-order valence-corrected chi connectivity index (χ4v) is 2.25. The largest absolute Gasteiger partial charge is 0.496 e. The van der Waals surface area contributed by atoms with Gasteiger partial charge in [-0.2, -0.15) is 0 Å². The Hall–Kier alpha value is -2.08. The van der Waals surface area contributed by atoms with Crippen molar-refractivity contribution in [3.63, 3.8) is 0 Å². The normalized spacial score (nSPS) is 13.3. The number of methoxy groups -OCH3 is 2. The third-order valence-electron chi connectivity index (χ3n) is 3.42. The van der Waals surface area contributed by atoms with Crippen LogP contribution in [0.5, 0.6) is 5.75 Å². The predicted molar refractivity (Wildman–Crippen MR) is 86.1 cm³/mol. The molecule has 23 heavy (non-hydrogen) atoms. The van der Waals surface area contributed by atoms with E-state index in [0.717, 1.165) is 5.56 Å². The molecule has 0 unspecified atom stereocenters. The first-order valence-electron chi connectivity index (χ1n) is 7.57. The summed E-state index contributed by atoms with van der Waals surface area (Å²) in [6, 6.07) is 6.35. The molecular formula is C17H25NO5. The van der Waals surface area contributed by atoms with Crippen LogP contribution in [0.25, 0.3) is 0 Å². The van der Waals surface area contributed by atoms with Crippen molar-refractivity contribution < 1.29 is 24.2 Å². The van der Waals surface area contributed by atoms with Crippen LogP contribution >= 0.6 is 0 Å². The fraction of sp³-hybridized carbons (Fsp3) is 0.529. The Labute approximate surface area is 136 Å². The lowest BCUT2D eigenvalue weighted by atomic mass is 10.0. The summed E-state index contributed by atoms with van der Waals surface area (Å²) in [6.07, 6.45) is -0.606. The maximum atomic E-state index is 12.1. The Bertz CT molecular complexity index is 529. The molecule has 0 spiro atoms. The molecule has 1 aromatic rings. The second kappa shape index (κ2) is 9.15. The number of carbonyl (C=O) groups excluding carboxylic acids is 2. The Balaban J connectivity index is 2.85. The Kier molecular flexibility index (Phi) is 7.54. The molecule has 0 aliphatic heterocycles. The number of para-hydroxylation sites is 1. The Morgan fingerprint density at radius 2 is 1.87 bits per heavy atom. The first kappa shape index (κ1) is 19.0. The van der Waals surface area contributed by atoms with Crippen molar-refractivity contribution >= 4 is 11.9 Å². The third kappa shape index (κ3) is 5.90. The van der Waals surface area contributed by atoms with Gasteiger partial charge in [-0.05, 0) is 24.0 Å². The second-order valence-corrected chi connectivity index (χ2v) is 5.75. The summed E-state index contributed by atoms with van der Waals surface area (Å²) in [5.74, 6) is -0.357. The molecule has 6 nitrogen and oxygen atoms in total. The molecular weight excluding hydrogens is 298 g/mol. The minimum atomic E-state index is -1.15. The molecule has 6 heteroatoms. The first-order valence-corrected chi connectivity index (χ1v) is 7.57. The molecule has 0 saturated carbocycles. The van der Waals surface area contributed by atoms with Crippen molar-refractivity contribution in [3.05, 3.63) is 29.8 Å². The maximum absolute atomic E-state index is 12.1. The third-order valence-corrected chi connectivity index (χ3v) is 3.42. The summed E-state index contributed by atoms with van der Waals surface area (Å²) in [4.78, 5) is 24.0. The van der Waals surface area contributed by atoms with Crippen molar-refractivity contribution in [3.8, 4) is 5.75 Å². The number of aliphatic hydroxyl groups is 1. The van der Waals surface area contributed by atoms with E-state index in [1.165, 1.54) is 14.2 Å². The van der Waals surface area contributed by atoms with Gasteiger partial charge in [0.1, 0.15) is 17.9 Å². The zero-order chi connectivity index (χ0) is 17.4. The van der Waals surface area contributed by atoms with Crippen LogP contribution in [0, 0.1) is 5.92 Å². The highest BCUT2D eigenvalue weighted by atomic mass is 16.5. The smallest absolute Gasteiger partial charge is 0.328 e. The van der Waals surface area contributed by atoms with Crippen molar-refractivity contribution in [2.45, 2.75) is 38.8 Å². The van der Waals surface area contributed by atoms with E-state index in [0.29, 0.717) is 12.2 Å². The maximum Gasteiger partial charge on any atom is 0.328 e. The minimum Gasteiger partial charge on any atom is -0.496 e. The van der Waals surface area contributed by atoms with Gasteiger partial charge in [-0.15, -0.1) is 0 Å². The van der Waals surface area contributed by atoms with Gasteiger partial charge in [-0.3, -0.25) is 4.79 Å². The number of aliphatic hydroxyl groups excluding tert-OH is 1. The standard InChI is InChI=1S/C17H25NO5/c1-11(2)9-14(19)16(20)18-13(17(21)23-4)10-12-7-5-6-8-15(12)22-3/h5-8,11,13-14,19H,9-10H2,1-4H3,(H,18,20)/t13-,14+/m0/s1. The number of esters is 1. The van der Waals surface area contributed by atoms with Gasteiger partial charge in [0.2, 0.25) is 5.91 Å².